The normalized spacial score (nSPS) is 20.4. The molecule has 4 aliphatic rings. The smallest absolute Gasteiger partial charge is 0.0996 e. The van der Waals surface area contributed by atoms with Gasteiger partial charge in [0.1, 0.15) is 0 Å². The summed E-state index contributed by atoms with van der Waals surface area (Å²) in [4.78, 5) is 10.4. The fourth-order valence-corrected chi connectivity index (χ4v) is 7.21. The molecular formula is C36H27ClN2. The van der Waals surface area contributed by atoms with Crippen molar-refractivity contribution in [2.45, 2.75) is 38.1 Å². The molecule has 8 rings (SSSR count). The number of para-hydroxylation sites is 1. The first-order valence-electron chi connectivity index (χ1n) is 13.9. The highest BCUT2D eigenvalue weighted by atomic mass is 35.5. The standard InChI is InChI=1S/C36H27ClN2/c1-21-19-23-7-2-3-8-25(23)28-18-17-26-27(33(21)28)10-6-11-29(26)35-34-30-9-4-5-12-32(30)39-36(34)31(20-38-35)22-13-15-24(37)16-14-22/h2-5,7-9,12-21,35H,6,10-11H2,1H3. The molecule has 0 saturated heterocycles. The van der Waals surface area contributed by atoms with Gasteiger partial charge in [0.15, 0.2) is 0 Å². The fourth-order valence-electron chi connectivity index (χ4n) is 7.08. The van der Waals surface area contributed by atoms with Crippen molar-refractivity contribution in [3.05, 3.63) is 144 Å². The minimum Gasteiger partial charge on any atom is -0.280 e. The van der Waals surface area contributed by atoms with Crippen LogP contribution >= 0.6 is 11.6 Å². The first-order valence-corrected chi connectivity index (χ1v) is 14.2. The molecule has 0 N–H and O–H groups in total. The summed E-state index contributed by atoms with van der Waals surface area (Å²) in [6, 6.07) is 30.1. The Hall–Kier alpha value is -4.01. The lowest BCUT2D eigenvalue weighted by Gasteiger charge is -2.29. The number of benzene rings is 4. The lowest BCUT2D eigenvalue weighted by Crippen LogP contribution is -2.32. The van der Waals surface area contributed by atoms with Crippen LogP contribution in [0.5, 0.6) is 0 Å². The number of aliphatic imine (C=N–C) groups is 1. The monoisotopic (exact) mass is 522 g/mol. The molecule has 2 atom stereocenters. The maximum Gasteiger partial charge on any atom is 0.0996 e. The summed E-state index contributed by atoms with van der Waals surface area (Å²) in [5, 5.41) is 8.46. The molecule has 4 aromatic rings. The maximum atomic E-state index is 6.21. The third kappa shape index (κ3) is 3.48. The molecule has 2 heterocycles. The van der Waals surface area contributed by atoms with Gasteiger partial charge in [0.05, 0.1) is 17.1 Å². The van der Waals surface area contributed by atoms with E-state index in [0.717, 1.165) is 46.5 Å². The summed E-state index contributed by atoms with van der Waals surface area (Å²) in [6.45, 7) is 2.35. The molecule has 0 radical (unpaired) electrons. The third-order valence-corrected chi connectivity index (χ3v) is 9.01. The molecule has 0 amide bonds. The van der Waals surface area contributed by atoms with Crippen molar-refractivity contribution in [1.82, 2.24) is 0 Å². The topological polar surface area (TPSA) is 24.7 Å². The summed E-state index contributed by atoms with van der Waals surface area (Å²) in [7, 11) is 0. The molecule has 4 aromatic carbocycles. The van der Waals surface area contributed by atoms with E-state index in [1.165, 1.54) is 48.4 Å². The van der Waals surface area contributed by atoms with Gasteiger partial charge in [0.25, 0.3) is 0 Å². The zero-order valence-electron chi connectivity index (χ0n) is 21.8. The first-order chi connectivity index (χ1) is 19.2. The van der Waals surface area contributed by atoms with Gasteiger partial charge >= 0.3 is 0 Å². The van der Waals surface area contributed by atoms with Crippen LogP contribution in [-0.4, -0.2) is 12.3 Å². The van der Waals surface area contributed by atoms with Crippen molar-refractivity contribution in [2.75, 3.05) is 0 Å². The average Bonchev–Trinajstić information content (AvgIpc) is 3.36. The number of hydrogen-bond donors (Lipinski definition) is 0. The number of halogens is 1. The second-order valence-corrected chi connectivity index (χ2v) is 11.4. The minimum atomic E-state index is -0.0317. The van der Waals surface area contributed by atoms with Crippen LogP contribution in [0.1, 0.15) is 42.4 Å². The van der Waals surface area contributed by atoms with Crippen LogP contribution in [0.4, 0.5) is 0 Å². The maximum absolute atomic E-state index is 6.21. The molecule has 188 valence electrons. The average molecular weight is 523 g/mol. The van der Waals surface area contributed by atoms with E-state index in [0.29, 0.717) is 5.92 Å². The van der Waals surface area contributed by atoms with Gasteiger partial charge in [0.2, 0.25) is 0 Å². The van der Waals surface area contributed by atoms with E-state index in [2.05, 4.69) is 92.0 Å². The van der Waals surface area contributed by atoms with E-state index < -0.39 is 0 Å². The molecular weight excluding hydrogens is 496 g/mol. The Morgan fingerprint density at radius 3 is 2.41 bits per heavy atom. The largest absolute Gasteiger partial charge is 0.280 e. The predicted molar refractivity (Wildman–Crippen MR) is 160 cm³/mol. The van der Waals surface area contributed by atoms with E-state index in [1.54, 1.807) is 0 Å². The highest BCUT2D eigenvalue weighted by molar-refractivity contribution is 6.30. The zero-order chi connectivity index (χ0) is 26.1. The molecule has 3 heteroatoms. The summed E-state index contributed by atoms with van der Waals surface area (Å²) in [5.74, 6) is 0.390. The Morgan fingerprint density at radius 1 is 0.769 bits per heavy atom. The molecule has 2 nitrogen and oxygen atoms in total. The van der Waals surface area contributed by atoms with Gasteiger partial charge < -0.3 is 0 Å². The molecule has 0 saturated carbocycles. The van der Waals surface area contributed by atoms with Crippen LogP contribution in [0.2, 0.25) is 5.02 Å². The second-order valence-electron chi connectivity index (χ2n) is 11.0. The summed E-state index contributed by atoms with van der Waals surface area (Å²) >= 11 is 6.21. The van der Waals surface area contributed by atoms with Gasteiger partial charge in [-0.15, -0.1) is 0 Å². The molecule has 2 aliphatic carbocycles. The molecule has 0 bridgehead atoms. The number of dihydropyridines is 1. The van der Waals surface area contributed by atoms with Crippen molar-refractivity contribution in [2.24, 2.45) is 9.98 Å². The lowest BCUT2D eigenvalue weighted by molar-refractivity contribution is 0.771. The number of fused-ring (bicyclic) bond motifs is 6. The highest BCUT2D eigenvalue weighted by Crippen LogP contribution is 2.38. The number of allylic oxidation sites excluding steroid dienone is 1. The van der Waals surface area contributed by atoms with E-state index in [9.17, 15) is 0 Å². The van der Waals surface area contributed by atoms with Gasteiger partial charge in [0, 0.05) is 33.5 Å². The predicted octanol–water partition coefficient (Wildman–Crippen LogP) is 5.36. The molecule has 2 aliphatic heterocycles. The third-order valence-electron chi connectivity index (χ3n) is 8.76. The van der Waals surface area contributed by atoms with E-state index in [4.69, 9.17) is 21.6 Å². The lowest BCUT2D eigenvalue weighted by atomic mass is 9.78. The number of rotatable bonds is 2. The fraction of sp³-hybridized carbons (Fsp3) is 0.167. The second kappa shape index (κ2) is 8.76. The Labute approximate surface area is 232 Å². The zero-order valence-corrected chi connectivity index (χ0v) is 22.5. The quantitative estimate of drug-likeness (QED) is 0.338. The van der Waals surface area contributed by atoms with Crippen LogP contribution in [0.15, 0.2) is 101 Å². The van der Waals surface area contributed by atoms with Crippen molar-refractivity contribution >= 4 is 40.6 Å². The van der Waals surface area contributed by atoms with E-state index >= 15 is 0 Å². The van der Waals surface area contributed by atoms with Crippen molar-refractivity contribution in [1.29, 1.82) is 0 Å². The summed E-state index contributed by atoms with van der Waals surface area (Å²) < 4.78 is 0. The van der Waals surface area contributed by atoms with Crippen molar-refractivity contribution in [3.63, 3.8) is 0 Å². The van der Waals surface area contributed by atoms with E-state index in [-0.39, 0.29) is 6.04 Å². The molecule has 0 fully saturated rings. The molecule has 0 aromatic heterocycles. The molecule has 2 unspecified atom stereocenters. The SMILES string of the molecule is CC1C=c2ccccc2=c2ccc3c(c21)CCCC=3C1N=CC(c2ccc(Cl)cc2)=C2N=c3ccccc3=C21. The molecule has 39 heavy (non-hydrogen) atoms. The first kappa shape index (κ1) is 22.9. The Balaban J connectivity index is 1.40. The minimum absolute atomic E-state index is 0.0317. The van der Waals surface area contributed by atoms with Gasteiger partial charge in [-0.25, -0.2) is 4.99 Å². The van der Waals surface area contributed by atoms with Gasteiger partial charge in [-0.2, -0.15) is 0 Å². The Bertz CT molecular complexity index is 2120. The summed E-state index contributed by atoms with van der Waals surface area (Å²) in [5.41, 5.74) is 8.89. The van der Waals surface area contributed by atoms with E-state index in [1.807, 2.05) is 12.1 Å². The van der Waals surface area contributed by atoms with Gasteiger partial charge in [-0.1, -0.05) is 91.3 Å². The van der Waals surface area contributed by atoms with Gasteiger partial charge in [-0.3, -0.25) is 4.99 Å². The van der Waals surface area contributed by atoms with Crippen LogP contribution < -0.4 is 21.0 Å². The Kier molecular flexibility index (Phi) is 5.15. The highest BCUT2D eigenvalue weighted by Gasteiger charge is 2.32. The van der Waals surface area contributed by atoms with Crippen LogP contribution in [-0.2, 0) is 6.42 Å². The number of nitrogens with zero attached hydrogens (tertiary/aromatic N) is 2. The van der Waals surface area contributed by atoms with Crippen LogP contribution in [0.25, 0.3) is 22.8 Å². The van der Waals surface area contributed by atoms with Gasteiger partial charge in [-0.05, 0) is 80.6 Å². The Morgan fingerprint density at radius 2 is 1.54 bits per heavy atom. The van der Waals surface area contributed by atoms with Crippen molar-refractivity contribution in [3.8, 4) is 0 Å². The molecule has 0 spiro atoms. The van der Waals surface area contributed by atoms with Crippen LogP contribution in [0.3, 0.4) is 0 Å². The van der Waals surface area contributed by atoms with Crippen LogP contribution in [0, 0.1) is 10.4 Å². The number of hydrogen-bond acceptors (Lipinski definition) is 2. The van der Waals surface area contributed by atoms with Crippen molar-refractivity contribution < 1.29 is 0 Å². The summed E-state index contributed by atoms with van der Waals surface area (Å²) in [6.07, 6.45) is 7.80.